The first-order valence-electron chi connectivity index (χ1n) is 6.45. The van der Waals surface area contributed by atoms with Gasteiger partial charge in [-0.3, -0.25) is 0 Å². The van der Waals surface area contributed by atoms with E-state index < -0.39 is 11.6 Å². The van der Waals surface area contributed by atoms with E-state index in [4.69, 9.17) is 9.47 Å². The summed E-state index contributed by atoms with van der Waals surface area (Å²) in [5.74, 6) is -0.895. The Hall–Kier alpha value is -1.20. The van der Waals surface area contributed by atoms with Crippen LogP contribution in [0.3, 0.4) is 0 Å². The van der Waals surface area contributed by atoms with Crippen molar-refractivity contribution in [2.45, 2.75) is 18.9 Å². The predicted octanol–water partition coefficient (Wildman–Crippen LogP) is 2.66. The molecule has 1 saturated heterocycles. The molecule has 19 heavy (non-hydrogen) atoms. The molecule has 0 aromatic heterocycles. The van der Waals surface area contributed by atoms with Crippen LogP contribution in [0.1, 0.15) is 24.4 Å². The lowest BCUT2D eigenvalue weighted by Crippen LogP contribution is -2.32. The van der Waals surface area contributed by atoms with E-state index in [1.165, 1.54) is 19.2 Å². The van der Waals surface area contributed by atoms with Crippen molar-refractivity contribution in [1.82, 2.24) is 5.32 Å². The van der Waals surface area contributed by atoms with Crippen LogP contribution in [0.5, 0.6) is 5.75 Å². The van der Waals surface area contributed by atoms with E-state index in [1.54, 1.807) is 7.05 Å². The zero-order valence-electron chi connectivity index (χ0n) is 11.2. The molecular weight excluding hydrogens is 252 g/mol. The molecule has 0 amide bonds. The van der Waals surface area contributed by atoms with Gasteiger partial charge in [-0.25, -0.2) is 8.78 Å². The molecule has 2 rings (SSSR count). The quantitative estimate of drug-likeness (QED) is 0.913. The Labute approximate surface area is 111 Å². The van der Waals surface area contributed by atoms with E-state index in [0.29, 0.717) is 6.61 Å². The number of hydrogen-bond acceptors (Lipinski definition) is 3. The van der Waals surface area contributed by atoms with Gasteiger partial charge in [0.05, 0.1) is 13.7 Å². The molecule has 1 aromatic carbocycles. The van der Waals surface area contributed by atoms with Gasteiger partial charge in [0.2, 0.25) is 0 Å². The van der Waals surface area contributed by atoms with Gasteiger partial charge in [0.15, 0.2) is 0 Å². The third-order valence-corrected chi connectivity index (χ3v) is 3.58. The number of rotatable bonds is 4. The maximum Gasteiger partial charge on any atom is 0.134 e. The molecule has 0 bridgehead atoms. The van der Waals surface area contributed by atoms with Crippen LogP contribution in [0.25, 0.3) is 0 Å². The third-order valence-electron chi connectivity index (χ3n) is 3.58. The first-order valence-corrected chi connectivity index (χ1v) is 6.45. The molecule has 0 saturated carbocycles. The van der Waals surface area contributed by atoms with E-state index in [9.17, 15) is 8.78 Å². The third kappa shape index (κ3) is 3.04. The Bertz CT molecular complexity index is 410. The predicted molar refractivity (Wildman–Crippen MR) is 68.3 cm³/mol. The van der Waals surface area contributed by atoms with E-state index in [0.717, 1.165) is 19.4 Å². The molecule has 3 nitrogen and oxygen atoms in total. The Kier molecular flexibility index (Phi) is 4.71. The highest BCUT2D eigenvalue weighted by molar-refractivity contribution is 5.33. The lowest BCUT2D eigenvalue weighted by atomic mass is 9.88. The van der Waals surface area contributed by atoms with Crippen LogP contribution in [-0.4, -0.2) is 27.4 Å². The van der Waals surface area contributed by atoms with Crippen LogP contribution in [0.4, 0.5) is 8.78 Å². The second-order valence-corrected chi connectivity index (χ2v) is 4.75. The van der Waals surface area contributed by atoms with E-state index in [2.05, 4.69) is 5.32 Å². The number of halogens is 2. The molecular formula is C14H19F2NO2. The van der Waals surface area contributed by atoms with Crippen molar-refractivity contribution in [3.8, 4) is 5.75 Å². The molecule has 1 aliphatic heterocycles. The summed E-state index contributed by atoms with van der Waals surface area (Å²) in [4.78, 5) is 0. The molecule has 5 heteroatoms. The smallest absolute Gasteiger partial charge is 0.134 e. The summed E-state index contributed by atoms with van der Waals surface area (Å²) in [5.41, 5.74) is 0.0683. The number of nitrogens with one attached hydrogen (secondary N) is 1. The van der Waals surface area contributed by atoms with Gasteiger partial charge in [0, 0.05) is 36.3 Å². The summed E-state index contributed by atoms with van der Waals surface area (Å²) in [5, 5.41) is 3.01. The van der Waals surface area contributed by atoms with Gasteiger partial charge in [-0.1, -0.05) is 0 Å². The molecule has 1 aromatic rings. The minimum atomic E-state index is -0.582. The maximum atomic E-state index is 14.1. The van der Waals surface area contributed by atoms with Crippen LogP contribution in [0, 0.1) is 17.6 Å². The Morgan fingerprint density at radius 3 is 2.53 bits per heavy atom. The molecule has 1 aliphatic rings. The summed E-state index contributed by atoms with van der Waals surface area (Å²) in [6.07, 6.45) is 1.82. The number of ether oxygens (including phenoxy) is 2. The van der Waals surface area contributed by atoms with Crippen molar-refractivity contribution < 1.29 is 18.3 Å². The SMILES string of the molecule is CNC(c1c(F)cc(OC)cc1F)C1CCCOC1. The van der Waals surface area contributed by atoms with Crippen molar-refractivity contribution in [1.29, 1.82) is 0 Å². The fraction of sp³-hybridized carbons (Fsp3) is 0.571. The summed E-state index contributed by atoms with van der Waals surface area (Å²) in [7, 11) is 3.10. The lowest BCUT2D eigenvalue weighted by Gasteiger charge is -2.30. The van der Waals surface area contributed by atoms with Crippen molar-refractivity contribution >= 4 is 0 Å². The van der Waals surface area contributed by atoms with Crippen molar-refractivity contribution in [3.05, 3.63) is 29.3 Å². The van der Waals surface area contributed by atoms with Crippen LogP contribution < -0.4 is 10.1 Å². The number of methoxy groups -OCH3 is 1. The second kappa shape index (κ2) is 6.30. The molecule has 2 unspecified atom stereocenters. The largest absolute Gasteiger partial charge is 0.497 e. The zero-order valence-corrected chi connectivity index (χ0v) is 11.2. The topological polar surface area (TPSA) is 30.5 Å². The highest BCUT2D eigenvalue weighted by atomic mass is 19.1. The van der Waals surface area contributed by atoms with Crippen molar-refractivity contribution in [2.24, 2.45) is 5.92 Å². The summed E-state index contributed by atoms with van der Waals surface area (Å²) in [6.45, 7) is 1.25. The zero-order chi connectivity index (χ0) is 13.8. The fourth-order valence-electron chi connectivity index (χ4n) is 2.62. The highest BCUT2D eigenvalue weighted by Crippen LogP contribution is 2.33. The fourth-order valence-corrected chi connectivity index (χ4v) is 2.62. The Morgan fingerprint density at radius 1 is 1.37 bits per heavy atom. The standard InChI is InChI=1S/C14H19F2NO2/c1-17-14(9-4-3-5-19-8-9)13-11(15)6-10(18-2)7-12(13)16/h6-7,9,14,17H,3-5,8H2,1-2H3. The molecule has 0 spiro atoms. The molecule has 106 valence electrons. The van der Waals surface area contributed by atoms with Crippen molar-refractivity contribution in [2.75, 3.05) is 27.4 Å². The van der Waals surface area contributed by atoms with Gasteiger partial charge in [-0.05, 0) is 19.9 Å². The number of benzene rings is 1. The molecule has 0 aliphatic carbocycles. The summed E-state index contributed by atoms with van der Waals surface area (Å²) in [6, 6.07) is 2.05. The highest BCUT2D eigenvalue weighted by Gasteiger charge is 2.29. The van der Waals surface area contributed by atoms with Crippen LogP contribution in [0.15, 0.2) is 12.1 Å². The Morgan fingerprint density at radius 2 is 2.05 bits per heavy atom. The molecule has 1 N–H and O–H groups in total. The van der Waals surface area contributed by atoms with Crippen molar-refractivity contribution in [3.63, 3.8) is 0 Å². The second-order valence-electron chi connectivity index (χ2n) is 4.75. The molecule has 1 fully saturated rings. The van der Waals surface area contributed by atoms with Gasteiger partial charge in [0.25, 0.3) is 0 Å². The summed E-state index contributed by atoms with van der Waals surface area (Å²) >= 11 is 0. The summed E-state index contributed by atoms with van der Waals surface area (Å²) < 4.78 is 38.4. The van der Waals surface area contributed by atoms with E-state index in [-0.39, 0.29) is 23.3 Å². The van der Waals surface area contributed by atoms with Gasteiger partial charge in [-0.15, -0.1) is 0 Å². The van der Waals surface area contributed by atoms with Gasteiger partial charge in [-0.2, -0.15) is 0 Å². The van der Waals surface area contributed by atoms with Crippen LogP contribution in [0.2, 0.25) is 0 Å². The molecule has 1 heterocycles. The minimum absolute atomic E-state index is 0.0683. The van der Waals surface area contributed by atoms with E-state index in [1.807, 2.05) is 0 Å². The van der Waals surface area contributed by atoms with E-state index >= 15 is 0 Å². The average molecular weight is 271 g/mol. The van der Waals surface area contributed by atoms with Gasteiger partial charge < -0.3 is 14.8 Å². The normalized spacial score (nSPS) is 21.2. The molecule has 0 radical (unpaired) electrons. The van der Waals surface area contributed by atoms with Gasteiger partial charge in [0.1, 0.15) is 17.4 Å². The maximum absolute atomic E-state index is 14.1. The van der Waals surface area contributed by atoms with Gasteiger partial charge >= 0.3 is 0 Å². The monoisotopic (exact) mass is 271 g/mol. The lowest BCUT2D eigenvalue weighted by molar-refractivity contribution is 0.0391. The Balaban J connectivity index is 2.31. The average Bonchev–Trinajstić information content (AvgIpc) is 2.43. The minimum Gasteiger partial charge on any atom is -0.497 e. The first kappa shape index (κ1) is 14.2. The van der Waals surface area contributed by atoms with Crippen LogP contribution >= 0.6 is 0 Å². The van der Waals surface area contributed by atoms with Crippen LogP contribution in [-0.2, 0) is 4.74 Å². The number of hydrogen-bond donors (Lipinski definition) is 1. The molecule has 2 atom stereocenters. The first-order chi connectivity index (χ1) is 9.17.